The van der Waals surface area contributed by atoms with Gasteiger partial charge in [-0.2, -0.15) is 0 Å². The molecule has 0 aliphatic carbocycles. The van der Waals surface area contributed by atoms with Crippen molar-refractivity contribution in [2.75, 3.05) is 19.8 Å². The zero-order valence-electron chi connectivity index (χ0n) is 13.7. The van der Waals surface area contributed by atoms with Gasteiger partial charge in [0.1, 0.15) is 24.4 Å². The minimum Gasteiger partial charge on any atom is -0.394 e. The van der Waals surface area contributed by atoms with Gasteiger partial charge in [0.15, 0.2) is 0 Å². The van der Waals surface area contributed by atoms with E-state index >= 15 is 0 Å². The van der Waals surface area contributed by atoms with Crippen LogP contribution in [0.3, 0.4) is 0 Å². The maximum absolute atomic E-state index is 9.96. The minimum atomic E-state index is -1.05. The third-order valence-corrected chi connectivity index (χ3v) is 3.97. The molecule has 0 unspecified atom stereocenters. The maximum atomic E-state index is 9.96. The number of hydrogen-bond donors (Lipinski definition) is 3. The van der Waals surface area contributed by atoms with Crippen molar-refractivity contribution in [2.24, 2.45) is 0 Å². The number of ether oxygens (including phenoxy) is 2. The Labute approximate surface area is 133 Å². The highest BCUT2D eigenvalue weighted by molar-refractivity contribution is 4.88. The zero-order valence-corrected chi connectivity index (χ0v) is 13.7. The first-order valence-corrected chi connectivity index (χ1v) is 8.55. The van der Waals surface area contributed by atoms with Gasteiger partial charge in [0.2, 0.25) is 0 Å². The molecule has 1 rings (SSSR count). The summed E-state index contributed by atoms with van der Waals surface area (Å²) in [5, 5.41) is 28.3. The summed E-state index contributed by atoms with van der Waals surface area (Å²) in [6.45, 7) is 2.64. The van der Waals surface area contributed by atoms with Crippen LogP contribution < -0.4 is 0 Å². The lowest BCUT2D eigenvalue weighted by atomic mass is 10.1. The molecule has 0 saturated carbocycles. The lowest BCUT2D eigenvalue weighted by molar-refractivity contribution is -0.0730. The third-order valence-electron chi connectivity index (χ3n) is 3.97. The van der Waals surface area contributed by atoms with E-state index in [1.807, 2.05) is 0 Å². The summed E-state index contributed by atoms with van der Waals surface area (Å²) >= 11 is 0. The number of rotatable bonds is 12. The van der Waals surface area contributed by atoms with Crippen molar-refractivity contribution in [2.45, 2.75) is 76.3 Å². The average Bonchev–Trinajstić information content (AvgIpc) is 2.89. The van der Waals surface area contributed by atoms with Gasteiger partial charge in [0.25, 0.3) is 0 Å². The molecule has 1 aliphatic rings. The molecule has 0 aromatic heterocycles. The van der Waals surface area contributed by atoms with Crippen molar-refractivity contribution in [3.05, 3.63) is 12.2 Å². The summed E-state index contributed by atoms with van der Waals surface area (Å²) in [6.07, 6.45) is 9.48. The van der Waals surface area contributed by atoms with E-state index in [0.29, 0.717) is 6.61 Å². The van der Waals surface area contributed by atoms with Gasteiger partial charge in [-0.15, -0.1) is 0 Å². The lowest BCUT2D eigenvalue weighted by Gasteiger charge is -2.20. The van der Waals surface area contributed by atoms with Crippen LogP contribution in [-0.2, 0) is 9.47 Å². The van der Waals surface area contributed by atoms with E-state index in [4.69, 9.17) is 14.6 Å². The Hall–Kier alpha value is -0.460. The highest BCUT2D eigenvalue weighted by atomic mass is 16.6. The average molecular weight is 316 g/mol. The number of aliphatic hydroxyl groups is 3. The van der Waals surface area contributed by atoms with E-state index in [0.717, 1.165) is 19.3 Å². The molecule has 1 heterocycles. The van der Waals surface area contributed by atoms with Crippen LogP contribution in [0.15, 0.2) is 12.2 Å². The first-order chi connectivity index (χ1) is 10.7. The fraction of sp³-hybridized carbons (Fsp3) is 0.882. The number of unbranched alkanes of at least 4 members (excludes halogenated alkanes) is 5. The van der Waals surface area contributed by atoms with Crippen LogP contribution in [0.1, 0.15) is 51.9 Å². The summed E-state index contributed by atoms with van der Waals surface area (Å²) in [5.74, 6) is 0. The second-order valence-electron chi connectivity index (χ2n) is 5.91. The Morgan fingerprint density at radius 2 is 1.86 bits per heavy atom. The topological polar surface area (TPSA) is 79.2 Å². The Kier molecular flexibility index (Phi) is 10.7. The van der Waals surface area contributed by atoms with Crippen molar-refractivity contribution in [3.63, 3.8) is 0 Å². The predicted octanol–water partition coefficient (Wildman–Crippen LogP) is 1.79. The molecule has 0 amide bonds. The van der Waals surface area contributed by atoms with Crippen molar-refractivity contribution in [1.29, 1.82) is 0 Å². The molecule has 3 N–H and O–H groups in total. The second kappa shape index (κ2) is 12.0. The third kappa shape index (κ3) is 7.20. The smallest absolute Gasteiger partial charge is 0.114 e. The van der Waals surface area contributed by atoms with Gasteiger partial charge in [-0.05, 0) is 32.1 Å². The van der Waals surface area contributed by atoms with Gasteiger partial charge in [-0.25, -0.2) is 0 Å². The van der Waals surface area contributed by atoms with Crippen LogP contribution in [0, 0.1) is 0 Å². The highest BCUT2D eigenvalue weighted by Crippen LogP contribution is 2.20. The summed E-state index contributed by atoms with van der Waals surface area (Å²) in [4.78, 5) is 0. The molecule has 0 bridgehead atoms. The largest absolute Gasteiger partial charge is 0.394 e. The molecule has 1 saturated heterocycles. The van der Waals surface area contributed by atoms with Crippen LogP contribution in [0.4, 0.5) is 0 Å². The molecular formula is C17H32O5. The molecule has 5 nitrogen and oxygen atoms in total. The molecule has 5 heteroatoms. The van der Waals surface area contributed by atoms with Crippen molar-refractivity contribution in [3.8, 4) is 0 Å². The molecule has 22 heavy (non-hydrogen) atoms. The molecule has 0 spiro atoms. The van der Waals surface area contributed by atoms with Crippen molar-refractivity contribution >= 4 is 0 Å². The van der Waals surface area contributed by atoms with Gasteiger partial charge >= 0.3 is 0 Å². The zero-order chi connectivity index (χ0) is 16.2. The standard InChI is InChI=1S/C17H32O5/c1-2-3-4-5-6-7-8-9-10-11-21-15-13-22-17(16(15)20)14(19)12-18/h6-7,14-20H,2-5,8-13H2,1H3/b7-6+/t14-,15+,16-,17-/m0/s1. The fourth-order valence-corrected chi connectivity index (χ4v) is 2.55. The predicted molar refractivity (Wildman–Crippen MR) is 85.7 cm³/mol. The van der Waals surface area contributed by atoms with E-state index in [9.17, 15) is 10.2 Å². The second-order valence-corrected chi connectivity index (χ2v) is 5.91. The number of aliphatic hydroxyl groups excluding tert-OH is 3. The maximum Gasteiger partial charge on any atom is 0.114 e. The molecule has 0 aromatic carbocycles. The Morgan fingerprint density at radius 3 is 2.50 bits per heavy atom. The minimum absolute atomic E-state index is 0.264. The molecular weight excluding hydrogens is 284 g/mol. The number of hydrogen-bond acceptors (Lipinski definition) is 5. The number of allylic oxidation sites excluding steroid dienone is 2. The first kappa shape index (κ1) is 19.6. The van der Waals surface area contributed by atoms with Gasteiger partial charge in [-0.1, -0.05) is 31.9 Å². The van der Waals surface area contributed by atoms with Crippen LogP contribution >= 0.6 is 0 Å². The molecule has 1 aliphatic heterocycles. The lowest BCUT2D eigenvalue weighted by Crippen LogP contribution is -2.41. The Bertz CT molecular complexity index is 295. The van der Waals surface area contributed by atoms with Crippen LogP contribution in [-0.4, -0.2) is 59.6 Å². The SMILES string of the molecule is CCCCC/C=C/CCCCO[C@@H]1CO[C@@H]([C@@H](O)CO)[C@H]1O. The van der Waals surface area contributed by atoms with Gasteiger partial charge < -0.3 is 24.8 Å². The summed E-state index contributed by atoms with van der Waals surface area (Å²) in [7, 11) is 0. The van der Waals surface area contributed by atoms with E-state index in [-0.39, 0.29) is 6.61 Å². The van der Waals surface area contributed by atoms with Gasteiger partial charge in [-0.3, -0.25) is 0 Å². The summed E-state index contributed by atoms with van der Waals surface area (Å²) < 4.78 is 10.9. The van der Waals surface area contributed by atoms with Crippen molar-refractivity contribution in [1.82, 2.24) is 0 Å². The molecule has 0 aromatic rings. The van der Waals surface area contributed by atoms with Gasteiger partial charge in [0.05, 0.1) is 13.2 Å². The van der Waals surface area contributed by atoms with Crippen LogP contribution in [0.5, 0.6) is 0 Å². The van der Waals surface area contributed by atoms with Crippen molar-refractivity contribution < 1.29 is 24.8 Å². The van der Waals surface area contributed by atoms with E-state index in [1.54, 1.807) is 0 Å². The van der Waals surface area contributed by atoms with Crippen LogP contribution in [0.25, 0.3) is 0 Å². The Morgan fingerprint density at radius 1 is 1.18 bits per heavy atom. The highest BCUT2D eigenvalue weighted by Gasteiger charge is 2.40. The fourth-order valence-electron chi connectivity index (χ4n) is 2.55. The monoisotopic (exact) mass is 316 g/mol. The van der Waals surface area contributed by atoms with E-state index < -0.39 is 31.0 Å². The quantitative estimate of drug-likeness (QED) is 0.378. The Balaban J connectivity index is 2.01. The molecule has 0 radical (unpaired) electrons. The molecule has 1 fully saturated rings. The summed E-state index contributed by atoms with van der Waals surface area (Å²) in [5.41, 5.74) is 0. The van der Waals surface area contributed by atoms with Gasteiger partial charge in [0, 0.05) is 6.61 Å². The molecule has 130 valence electrons. The molecule has 4 atom stereocenters. The normalized spacial score (nSPS) is 26.8. The summed E-state index contributed by atoms with van der Waals surface area (Å²) in [6, 6.07) is 0. The van der Waals surface area contributed by atoms with E-state index in [1.165, 1.54) is 25.7 Å². The van der Waals surface area contributed by atoms with E-state index in [2.05, 4.69) is 19.1 Å². The van der Waals surface area contributed by atoms with Crippen LogP contribution in [0.2, 0.25) is 0 Å². The first-order valence-electron chi connectivity index (χ1n) is 8.55.